The molecule has 0 saturated carbocycles. The van der Waals surface area contributed by atoms with E-state index >= 15 is 0 Å². The third kappa shape index (κ3) is 4.67. The smallest absolute Gasteiger partial charge is 0.441 e. The van der Waals surface area contributed by atoms with Gasteiger partial charge >= 0.3 is 6.09 Å². The van der Waals surface area contributed by atoms with Crippen molar-refractivity contribution in [1.82, 2.24) is 20.0 Å². The molecular formula is C22H22N6O3. The highest BCUT2D eigenvalue weighted by atomic mass is 16.7. The van der Waals surface area contributed by atoms with Crippen molar-refractivity contribution in [2.75, 3.05) is 11.1 Å². The van der Waals surface area contributed by atoms with Crippen LogP contribution in [0.15, 0.2) is 67.0 Å². The zero-order valence-corrected chi connectivity index (χ0v) is 16.8. The summed E-state index contributed by atoms with van der Waals surface area (Å²) in [7, 11) is 0. The molecule has 2 aromatic carbocycles. The summed E-state index contributed by atoms with van der Waals surface area (Å²) >= 11 is 0. The average molecular weight is 418 g/mol. The lowest BCUT2D eigenvalue weighted by atomic mass is 10.1. The molecule has 5 N–H and O–H groups in total. The van der Waals surface area contributed by atoms with Crippen LogP contribution in [0.1, 0.15) is 12.5 Å². The Balaban J connectivity index is 1.49. The Bertz CT molecular complexity index is 1210. The van der Waals surface area contributed by atoms with Gasteiger partial charge in [0.15, 0.2) is 5.75 Å². The van der Waals surface area contributed by atoms with Crippen molar-refractivity contribution in [3.63, 3.8) is 0 Å². The van der Waals surface area contributed by atoms with E-state index in [2.05, 4.69) is 20.3 Å². The molecule has 0 saturated heterocycles. The Labute approximate surface area is 178 Å². The topological polar surface area (TPSA) is 129 Å². The van der Waals surface area contributed by atoms with Crippen LogP contribution >= 0.6 is 0 Å². The van der Waals surface area contributed by atoms with Gasteiger partial charge in [0.1, 0.15) is 5.82 Å². The van der Waals surface area contributed by atoms with Gasteiger partial charge in [0.05, 0.1) is 6.04 Å². The van der Waals surface area contributed by atoms with Crippen LogP contribution in [-0.4, -0.2) is 37.3 Å². The lowest BCUT2D eigenvalue weighted by Crippen LogP contribution is -2.41. The first kappa shape index (κ1) is 20.0. The summed E-state index contributed by atoms with van der Waals surface area (Å²) < 4.78 is 0. The van der Waals surface area contributed by atoms with Gasteiger partial charge in [0, 0.05) is 35.1 Å². The number of nitrogens with two attached hydrogens (primary N) is 1. The lowest BCUT2D eigenvalue weighted by molar-refractivity contribution is -0.0633. The summed E-state index contributed by atoms with van der Waals surface area (Å²) in [4.78, 5) is 28.8. The highest BCUT2D eigenvalue weighted by Crippen LogP contribution is 2.24. The second kappa shape index (κ2) is 8.62. The summed E-state index contributed by atoms with van der Waals surface area (Å²) in [6.45, 7) is 1.81. The molecule has 0 spiro atoms. The van der Waals surface area contributed by atoms with E-state index in [9.17, 15) is 9.90 Å². The minimum absolute atomic E-state index is 0.153. The van der Waals surface area contributed by atoms with E-state index in [0.717, 1.165) is 21.5 Å². The second-order valence-corrected chi connectivity index (χ2v) is 7.07. The van der Waals surface area contributed by atoms with E-state index < -0.39 is 12.1 Å². The van der Waals surface area contributed by atoms with Crippen LogP contribution in [0.2, 0.25) is 0 Å². The summed E-state index contributed by atoms with van der Waals surface area (Å²) in [5.41, 5.74) is 8.31. The lowest BCUT2D eigenvalue weighted by Gasteiger charge is -2.25. The molecule has 0 aliphatic rings. The molecule has 4 aromatic rings. The highest BCUT2D eigenvalue weighted by Gasteiger charge is 2.23. The number of nitrogens with zero attached hydrogens (tertiary/aromatic N) is 3. The van der Waals surface area contributed by atoms with Gasteiger partial charge in [-0.1, -0.05) is 24.3 Å². The molecule has 2 heterocycles. The van der Waals surface area contributed by atoms with Gasteiger partial charge in [-0.3, -0.25) is 0 Å². The number of para-hydroxylation sites is 1. The van der Waals surface area contributed by atoms with Gasteiger partial charge in [-0.25, -0.2) is 9.78 Å². The maximum absolute atomic E-state index is 11.9. The molecule has 0 aliphatic carbocycles. The van der Waals surface area contributed by atoms with E-state index in [-0.39, 0.29) is 5.95 Å². The quantitative estimate of drug-likeness (QED) is 0.331. The summed E-state index contributed by atoms with van der Waals surface area (Å²) in [5, 5.41) is 14.8. The molecule has 1 amide bonds. The largest absolute Gasteiger partial charge is 0.463 e. The highest BCUT2D eigenvalue weighted by molar-refractivity contribution is 5.83. The molecule has 0 aliphatic heterocycles. The van der Waals surface area contributed by atoms with Crippen LogP contribution in [0, 0.1) is 0 Å². The second-order valence-electron chi connectivity index (χ2n) is 7.07. The first-order valence-corrected chi connectivity index (χ1v) is 9.70. The minimum Gasteiger partial charge on any atom is -0.463 e. The zero-order valence-electron chi connectivity index (χ0n) is 16.8. The number of carbonyl (C=O) groups is 1. The van der Waals surface area contributed by atoms with Gasteiger partial charge in [-0.2, -0.15) is 4.98 Å². The van der Waals surface area contributed by atoms with Crippen molar-refractivity contribution < 1.29 is 14.7 Å². The number of H-pyrrole nitrogens is 1. The van der Waals surface area contributed by atoms with Crippen LogP contribution in [-0.2, 0) is 6.42 Å². The minimum atomic E-state index is -1.17. The maximum atomic E-state index is 11.9. The number of aromatic nitrogens is 3. The normalized spacial score (nSPS) is 11.8. The van der Waals surface area contributed by atoms with Crippen LogP contribution in [0.4, 0.5) is 22.2 Å². The molecule has 0 radical (unpaired) electrons. The summed E-state index contributed by atoms with van der Waals surface area (Å²) in [6.07, 6.45) is 2.77. The predicted octanol–water partition coefficient (Wildman–Crippen LogP) is 4.19. The number of hydroxylamine groups is 2. The number of anilines is 3. The van der Waals surface area contributed by atoms with Crippen LogP contribution in [0.5, 0.6) is 5.75 Å². The molecule has 2 aromatic heterocycles. The van der Waals surface area contributed by atoms with Gasteiger partial charge < -0.3 is 26.0 Å². The number of benzene rings is 2. The molecule has 4 rings (SSSR count). The Kier molecular flexibility index (Phi) is 5.57. The van der Waals surface area contributed by atoms with Crippen molar-refractivity contribution in [2.24, 2.45) is 0 Å². The Hall–Kier alpha value is -4.27. The molecule has 0 fully saturated rings. The third-order valence-corrected chi connectivity index (χ3v) is 4.76. The van der Waals surface area contributed by atoms with Crippen LogP contribution < -0.4 is 15.9 Å². The SMILES string of the molecule is CC(Cc1c[nH]c2ccccc12)N(Oc1cccc(Nc2ccnc(N)n2)c1)C(=O)O. The Morgan fingerprint density at radius 2 is 2.10 bits per heavy atom. The van der Waals surface area contributed by atoms with Crippen molar-refractivity contribution in [3.8, 4) is 5.75 Å². The number of hydrogen-bond donors (Lipinski definition) is 4. The van der Waals surface area contributed by atoms with E-state index in [1.807, 2.05) is 43.5 Å². The van der Waals surface area contributed by atoms with Crippen molar-refractivity contribution in [3.05, 3.63) is 72.6 Å². The fourth-order valence-electron chi connectivity index (χ4n) is 3.35. The molecule has 1 atom stereocenters. The van der Waals surface area contributed by atoms with E-state index in [4.69, 9.17) is 10.6 Å². The standard InChI is InChI=1S/C22H22N6O3/c1-14(11-15-13-25-19-8-3-2-7-18(15)19)28(22(29)30)31-17-6-4-5-16(12-17)26-20-9-10-24-21(23)27-20/h2-10,12-14,25H,11H2,1H3,(H,29,30)(H3,23,24,26,27). The molecular weight excluding hydrogens is 396 g/mol. The summed E-state index contributed by atoms with van der Waals surface area (Å²) in [6, 6.07) is 16.1. The number of hydrogen-bond acceptors (Lipinski definition) is 6. The third-order valence-electron chi connectivity index (χ3n) is 4.76. The van der Waals surface area contributed by atoms with Crippen LogP contribution in [0.25, 0.3) is 10.9 Å². The van der Waals surface area contributed by atoms with Gasteiger partial charge in [-0.15, -0.1) is 5.06 Å². The molecule has 31 heavy (non-hydrogen) atoms. The van der Waals surface area contributed by atoms with Gasteiger partial charge in [0.2, 0.25) is 5.95 Å². The predicted molar refractivity (Wildman–Crippen MR) is 118 cm³/mol. The number of rotatable bonds is 7. The fraction of sp³-hybridized carbons (Fsp3) is 0.136. The maximum Gasteiger partial charge on any atom is 0.441 e. The number of amides is 1. The molecule has 9 heteroatoms. The number of aromatic amines is 1. The molecule has 1 unspecified atom stereocenters. The number of fused-ring (bicyclic) bond motifs is 1. The van der Waals surface area contributed by atoms with Crippen molar-refractivity contribution >= 4 is 34.4 Å². The molecule has 0 bridgehead atoms. The number of carboxylic acid groups (broad SMARTS) is 1. The zero-order chi connectivity index (χ0) is 21.8. The summed E-state index contributed by atoms with van der Waals surface area (Å²) in [5.74, 6) is 1.05. The average Bonchev–Trinajstić information content (AvgIpc) is 3.15. The Morgan fingerprint density at radius 1 is 1.26 bits per heavy atom. The van der Waals surface area contributed by atoms with Crippen LogP contribution in [0.3, 0.4) is 0 Å². The van der Waals surface area contributed by atoms with Crippen molar-refractivity contribution in [1.29, 1.82) is 0 Å². The monoisotopic (exact) mass is 418 g/mol. The first-order valence-electron chi connectivity index (χ1n) is 9.70. The fourth-order valence-corrected chi connectivity index (χ4v) is 3.35. The Morgan fingerprint density at radius 3 is 2.90 bits per heavy atom. The molecule has 9 nitrogen and oxygen atoms in total. The van der Waals surface area contributed by atoms with Gasteiger partial charge in [-0.05, 0) is 43.2 Å². The number of nitrogens with one attached hydrogen (secondary N) is 2. The van der Waals surface area contributed by atoms with E-state index in [0.29, 0.717) is 23.7 Å². The van der Waals surface area contributed by atoms with Crippen molar-refractivity contribution in [2.45, 2.75) is 19.4 Å². The number of nitrogen functional groups attached to an aromatic ring is 1. The first-order chi connectivity index (χ1) is 15.0. The molecule has 158 valence electrons. The van der Waals surface area contributed by atoms with Gasteiger partial charge in [0.25, 0.3) is 0 Å². The van der Waals surface area contributed by atoms with E-state index in [1.54, 1.807) is 30.5 Å². The van der Waals surface area contributed by atoms with E-state index in [1.165, 1.54) is 0 Å².